The van der Waals surface area contributed by atoms with Gasteiger partial charge in [0.1, 0.15) is 0 Å². The summed E-state index contributed by atoms with van der Waals surface area (Å²) >= 11 is 0. The number of hydrogen-bond donors (Lipinski definition) is 0. The molecule has 2 nitrogen and oxygen atoms in total. The Morgan fingerprint density at radius 2 is 1.33 bits per heavy atom. The van der Waals surface area contributed by atoms with E-state index in [4.69, 9.17) is 2.74 Å². The fourth-order valence-electron chi connectivity index (χ4n) is 3.45. The van der Waals surface area contributed by atoms with Gasteiger partial charge in [0.25, 0.3) is 0 Å². The van der Waals surface area contributed by atoms with Crippen molar-refractivity contribution in [2.75, 3.05) is 0 Å². The molecule has 0 bridgehead atoms. The van der Waals surface area contributed by atoms with Gasteiger partial charge in [-0.15, -0.1) is 71.8 Å². The molecule has 0 saturated heterocycles. The number of pyridine rings is 2. The van der Waals surface area contributed by atoms with E-state index in [2.05, 4.69) is 53.9 Å². The molecule has 2 heterocycles. The molecule has 0 spiro atoms. The fourth-order valence-corrected chi connectivity index (χ4v) is 4.48. The van der Waals surface area contributed by atoms with Gasteiger partial charge in [0, 0.05) is 35.2 Å². The van der Waals surface area contributed by atoms with Gasteiger partial charge in [0.2, 0.25) is 0 Å². The minimum Gasteiger partial charge on any atom is -0.305 e. The monoisotopic (exact) mass is 665 g/mol. The van der Waals surface area contributed by atoms with Crippen LogP contribution in [0, 0.1) is 12.1 Å². The Kier molecular flexibility index (Phi) is 9.00. The molecule has 0 aliphatic carbocycles. The van der Waals surface area contributed by atoms with Crippen molar-refractivity contribution in [3.05, 3.63) is 139 Å². The number of hydrogen-bond acceptors (Lipinski definition) is 2. The van der Waals surface area contributed by atoms with Crippen LogP contribution in [-0.2, 0) is 26.5 Å². The van der Waals surface area contributed by atoms with E-state index in [-0.39, 0.29) is 20.1 Å². The van der Waals surface area contributed by atoms with Crippen LogP contribution in [-0.4, -0.2) is 18.0 Å². The molecule has 36 heavy (non-hydrogen) atoms. The third kappa shape index (κ3) is 7.92. The van der Waals surface area contributed by atoms with Crippen molar-refractivity contribution in [3.8, 4) is 22.5 Å². The number of nitrogens with zero attached hydrogens (tertiary/aromatic N) is 2. The van der Waals surface area contributed by atoms with E-state index >= 15 is 0 Å². The number of benzene rings is 3. The zero-order valence-electron chi connectivity index (χ0n) is 22.7. The van der Waals surface area contributed by atoms with Gasteiger partial charge in [-0.05, 0) is 40.1 Å². The van der Waals surface area contributed by atoms with Crippen LogP contribution in [0.4, 0.5) is 0 Å². The molecular formula is C32H30IrN2Si-2. The summed E-state index contributed by atoms with van der Waals surface area (Å²) in [6, 6.07) is 38.8. The second-order valence-corrected chi connectivity index (χ2v) is 14.2. The van der Waals surface area contributed by atoms with Crippen LogP contribution in [0.25, 0.3) is 22.5 Å². The van der Waals surface area contributed by atoms with Gasteiger partial charge in [-0.25, -0.2) is 0 Å². The Balaban J connectivity index is 0.000000213. The standard InChI is InChI=1S/C18H14N.C14H16NSi.Ir/c1-3-7-15(8-4-1)13-16-11-12-19-18(14-16)17-9-5-2-6-10-17;1-16(2,3)13-9-10-14(15-11-13)12-7-5-4-6-8-12;/h1-9,11-12,14H,13H2;4-7,9-11H,1-3H3;/q2*-1;/i13D2;;. The molecular weight excluding hydrogens is 633 g/mol. The topological polar surface area (TPSA) is 25.8 Å². The Labute approximate surface area is 232 Å². The maximum absolute atomic E-state index is 8.40. The van der Waals surface area contributed by atoms with Crippen molar-refractivity contribution in [1.29, 1.82) is 0 Å². The maximum Gasteiger partial charge on any atom is 0.0795 e. The second-order valence-electron chi connectivity index (χ2n) is 9.16. The molecule has 0 unspecified atom stereocenters. The molecule has 1 radical (unpaired) electrons. The van der Waals surface area contributed by atoms with E-state index in [1.54, 1.807) is 30.5 Å². The zero-order chi connectivity index (χ0) is 26.3. The maximum atomic E-state index is 8.40. The van der Waals surface area contributed by atoms with Crippen molar-refractivity contribution < 1.29 is 22.8 Å². The molecule has 5 aromatic rings. The average Bonchev–Trinajstić information content (AvgIpc) is 2.94. The molecule has 0 fully saturated rings. The van der Waals surface area contributed by atoms with Crippen molar-refractivity contribution in [3.63, 3.8) is 0 Å². The first kappa shape index (κ1) is 24.5. The quantitative estimate of drug-likeness (QED) is 0.146. The summed E-state index contributed by atoms with van der Waals surface area (Å²) in [5.41, 5.74) is 4.89. The molecule has 0 saturated carbocycles. The SMILES string of the molecule is C[Si](C)(C)c1ccc(-c2[c-]cccc2)nc1.[2H]C([2H])(c1ccccc1)c1ccnc(-c2[c-]cccc2)c1.[Ir]. The molecule has 0 atom stereocenters. The third-order valence-corrected chi connectivity index (χ3v) is 7.45. The van der Waals surface area contributed by atoms with Crippen LogP contribution in [0.2, 0.25) is 19.6 Å². The normalized spacial score (nSPS) is 11.8. The van der Waals surface area contributed by atoms with Crippen LogP contribution >= 0.6 is 0 Å². The predicted molar refractivity (Wildman–Crippen MR) is 149 cm³/mol. The van der Waals surface area contributed by atoms with Crippen LogP contribution < -0.4 is 5.19 Å². The van der Waals surface area contributed by atoms with Gasteiger partial charge < -0.3 is 9.97 Å². The van der Waals surface area contributed by atoms with E-state index in [1.807, 2.05) is 72.9 Å². The Hall–Kier alpha value is -3.17. The molecule has 5 rings (SSSR count). The molecule has 2 aromatic heterocycles. The van der Waals surface area contributed by atoms with Gasteiger partial charge in [0.05, 0.1) is 8.07 Å². The molecule has 3 aromatic carbocycles. The van der Waals surface area contributed by atoms with E-state index in [9.17, 15) is 0 Å². The first-order valence-corrected chi connectivity index (χ1v) is 15.2. The van der Waals surface area contributed by atoms with Crippen LogP contribution in [0.3, 0.4) is 0 Å². The molecule has 0 N–H and O–H groups in total. The third-order valence-electron chi connectivity index (χ3n) is 5.42. The van der Waals surface area contributed by atoms with Gasteiger partial charge in [0.15, 0.2) is 0 Å². The second kappa shape index (κ2) is 13.2. The van der Waals surface area contributed by atoms with E-state index in [0.29, 0.717) is 11.1 Å². The Morgan fingerprint density at radius 3 is 1.89 bits per heavy atom. The molecule has 0 aliphatic rings. The van der Waals surface area contributed by atoms with Gasteiger partial charge in [-0.2, -0.15) is 0 Å². The average molecular weight is 665 g/mol. The first-order valence-electron chi connectivity index (χ1n) is 12.7. The largest absolute Gasteiger partial charge is 0.305 e. The minimum atomic E-state index is -1.55. The van der Waals surface area contributed by atoms with Crippen molar-refractivity contribution in [2.45, 2.75) is 26.0 Å². The zero-order valence-corrected chi connectivity index (χ0v) is 24.1. The van der Waals surface area contributed by atoms with Crippen LogP contribution in [0.5, 0.6) is 0 Å². The first-order chi connectivity index (χ1) is 17.7. The van der Waals surface area contributed by atoms with Crippen LogP contribution in [0.15, 0.2) is 116 Å². The summed E-state index contributed by atoms with van der Waals surface area (Å²) < 4.78 is 16.8. The van der Waals surface area contributed by atoms with Crippen molar-refractivity contribution >= 4 is 13.3 Å². The van der Waals surface area contributed by atoms with Crippen LogP contribution in [0.1, 0.15) is 13.9 Å². The Morgan fingerprint density at radius 1 is 0.694 bits per heavy atom. The van der Waals surface area contributed by atoms with Crippen molar-refractivity contribution in [2.24, 2.45) is 0 Å². The summed E-state index contributed by atoms with van der Waals surface area (Å²) in [5, 5.41) is 1.40. The smallest absolute Gasteiger partial charge is 0.0795 e. The van der Waals surface area contributed by atoms with Gasteiger partial charge in [-0.1, -0.05) is 68.2 Å². The Bertz CT molecular complexity index is 1410. The van der Waals surface area contributed by atoms with E-state index < -0.39 is 14.4 Å². The molecule has 183 valence electrons. The summed E-state index contributed by atoms with van der Waals surface area (Å²) in [6.45, 7) is 7.00. The number of aromatic nitrogens is 2. The van der Waals surface area contributed by atoms with Gasteiger partial charge in [-0.3, -0.25) is 0 Å². The molecule has 0 aliphatic heterocycles. The van der Waals surface area contributed by atoms with Gasteiger partial charge >= 0.3 is 0 Å². The summed E-state index contributed by atoms with van der Waals surface area (Å²) in [6.07, 6.45) is 2.11. The summed E-state index contributed by atoms with van der Waals surface area (Å²) in [5.74, 6) is 0. The molecule has 0 amide bonds. The van der Waals surface area contributed by atoms with E-state index in [1.165, 1.54) is 5.19 Å². The number of rotatable bonds is 5. The summed E-state index contributed by atoms with van der Waals surface area (Å²) in [4.78, 5) is 8.84. The predicted octanol–water partition coefficient (Wildman–Crippen LogP) is 7.23. The molecule has 4 heteroatoms. The minimum absolute atomic E-state index is 0. The van der Waals surface area contributed by atoms with E-state index in [0.717, 1.165) is 22.5 Å². The summed E-state index contributed by atoms with van der Waals surface area (Å²) in [7, 11) is -1.23. The fraction of sp³-hybridized carbons (Fsp3) is 0.125. The van der Waals surface area contributed by atoms with Crippen molar-refractivity contribution in [1.82, 2.24) is 9.97 Å².